The van der Waals surface area contributed by atoms with E-state index in [2.05, 4.69) is 23.1 Å². The van der Waals surface area contributed by atoms with Crippen LogP contribution in [-0.2, 0) is 19.4 Å². The predicted molar refractivity (Wildman–Crippen MR) is 75.5 cm³/mol. The largest absolute Gasteiger partial charge is 0.330 e. The molecular weight excluding hydrogens is 220 g/mol. The van der Waals surface area contributed by atoms with Crippen molar-refractivity contribution in [2.24, 2.45) is 11.7 Å². The average molecular weight is 244 g/mol. The van der Waals surface area contributed by atoms with E-state index in [1.165, 1.54) is 50.8 Å². The molecule has 3 rings (SSSR count). The fraction of sp³-hybridized carbons (Fsp3) is 0.625. The lowest BCUT2D eigenvalue weighted by atomic mass is 9.96. The van der Waals surface area contributed by atoms with Gasteiger partial charge < -0.3 is 5.73 Å². The van der Waals surface area contributed by atoms with Crippen molar-refractivity contribution in [3.05, 3.63) is 34.9 Å². The third-order valence-corrected chi connectivity index (χ3v) is 4.61. The first-order valence-electron chi connectivity index (χ1n) is 7.38. The molecule has 18 heavy (non-hydrogen) atoms. The van der Waals surface area contributed by atoms with Crippen LogP contribution in [0.5, 0.6) is 0 Å². The van der Waals surface area contributed by atoms with E-state index in [4.69, 9.17) is 5.73 Å². The van der Waals surface area contributed by atoms with Gasteiger partial charge in [-0.25, -0.2) is 0 Å². The Morgan fingerprint density at radius 1 is 1.11 bits per heavy atom. The maximum absolute atomic E-state index is 5.74. The molecule has 1 aromatic rings. The number of likely N-dealkylation sites (tertiary alicyclic amines) is 1. The zero-order valence-electron chi connectivity index (χ0n) is 11.2. The number of hydrogen-bond donors (Lipinski definition) is 1. The molecule has 0 spiro atoms. The van der Waals surface area contributed by atoms with E-state index in [1.807, 2.05) is 0 Å². The van der Waals surface area contributed by atoms with Gasteiger partial charge in [-0.3, -0.25) is 4.90 Å². The number of nitrogens with zero attached hydrogens (tertiary/aromatic N) is 1. The van der Waals surface area contributed by atoms with Crippen LogP contribution in [0.1, 0.15) is 36.0 Å². The van der Waals surface area contributed by atoms with Gasteiger partial charge in [0.2, 0.25) is 0 Å². The van der Waals surface area contributed by atoms with Crippen LogP contribution in [0.2, 0.25) is 0 Å². The summed E-state index contributed by atoms with van der Waals surface area (Å²) < 4.78 is 0. The van der Waals surface area contributed by atoms with Gasteiger partial charge in [-0.2, -0.15) is 0 Å². The van der Waals surface area contributed by atoms with E-state index in [0.29, 0.717) is 0 Å². The summed E-state index contributed by atoms with van der Waals surface area (Å²) in [5.41, 5.74) is 10.4. The van der Waals surface area contributed by atoms with Crippen molar-refractivity contribution in [2.75, 3.05) is 19.6 Å². The number of nitrogens with two attached hydrogens (primary N) is 1. The number of rotatable bonds is 3. The highest BCUT2D eigenvalue weighted by atomic mass is 15.1. The summed E-state index contributed by atoms with van der Waals surface area (Å²) in [5, 5.41) is 0. The van der Waals surface area contributed by atoms with E-state index < -0.39 is 0 Å². The molecule has 98 valence electrons. The summed E-state index contributed by atoms with van der Waals surface area (Å²) in [6, 6.07) is 7.13. The van der Waals surface area contributed by atoms with Crippen molar-refractivity contribution in [3.63, 3.8) is 0 Å². The first kappa shape index (κ1) is 12.2. The molecule has 1 aromatic carbocycles. The highest BCUT2D eigenvalue weighted by Crippen LogP contribution is 2.24. The van der Waals surface area contributed by atoms with Crippen molar-refractivity contribution in [3.8, 4) is 0 Å². The minimum absolute atomic E-state index is 0.765. The molecule has 1 saturated heterocycles. The Bertz CT molecular complexity index is 406. The van der Waals surface area contributed by atoms with Crippen LogP contribution >= 0.6 is 0 Å². The van der Waals surface area contributed by atoms with E-state index in [1.54, 1.807) is 11.1 Å². The second kappa shape index (κ2) is 5.41. The van der Waals surface area contributed by atoms with E-state index >= 15 is 0 Å². The third kappa shape index (κ3) is 2.60. The summed E-state index contributed by atoms with van der Waals surface area (Å²) in [5.74, 6) is 0.765. The Labute approximate surface area is 110 Å². The van der Waals surface area contributed by atoms with E-state index in [-0.39, 0.29) is 0 Å². The molecule has 0 radical (unpaired) electrons. The van der Waals surface area contributed by atoms with Crippen molar-refractivity contribution >= 4 is 0 Å². The van der Waals surface area contributed by atoms with Crippen molar-refractivity contribution < 1.29 is 0 Å². The number of benzene rings is 1. The molecule has 0 bridgehead atoms. The van der Waals surface area contributed by atoms with Gasteiger partial charge in [0.1, 0.15) is 0 Å². The molecule has 1 fully saturated rings. The molecule has 2 N–H and O–H groups in total. The Balaban J connectivity index is 1.60. The Hall–Kier alpha value is -0.860. The maximum Gasteiger partial charge on any atom is 0.0233 e. The summed E-state index contributed by atoms with van der Waals surface area (Å²) in [6.07, 6.45) is 6.49. The van der Waals surface area contributed by atoms with Gasteiger partial charge in [0.05, 0.1) is 0 Å². The van der Waals surface area contributed by atoms with Gasteiger partial charge in [0.25, 0.3) is 0 Å². The predicted octanol–water partition coefficient (Wildman–Crippen LogP) is 2.35. The van der Waals surface area contributed by atoms with Gasteiger partial charge >= 0.3 is 0 Å². The second-order valence-corrected chi connectivity index (χ2v) is 5.91. The van der Waals surface area contributed by atoms with Crippen LogP contribution in [0.25, 0.3) is 0 Å². The molecule has 1 aliphatic heterocycles. The highest BCUT2D eigenvalue weighted by molar-refractivity contribution is 5.35. The van der Waals surface area contributed by atoms with E-state index in [0.717, 1.165) is 19.0 Å². The lowest BCUT2D eigenvalue weighted by molar-refractivity contribution is 0.180. The monoisotopic (exact) mass is 244 g/mol. The first-order chi connectivity index (χ1) is 8.85. The van der Waals surface area contributed by atoms with Crippen LogP contribution in [0, 0.1) is 5.92 Å². The Morgan fingerprint density at radius 3 is 2.67 bits per heavy atom. The molecule has 2 heteroatoms. The zero-order valence-corrected chi connectivity index (χ0v) is 11.2. The molecule has 2 aliphatic rings. The summed E-state index contributed by atoms with van der Waals surface area (Å²) in [7, 11) is 0. The normalized spacial score (nSPS) is 21.2. The van der Waals surface area contributed by atoms with E-state index in [9.17, 15) is 0 Å². The number of hydrogen-bond acceptors (Lipinski definition) is 2. The highest BCUT2D eigenvalue weighted by Gasteiger charge is 2.18. The molecule has 0 amide bonds. The average Bonchev–Trinajstić information content (AvgIpc) is 2.87. The second-order valence-electron chi connectivity index (χ2n) is 5.91. The third-order valence-electron chi connectivity index (χ3n) is 4.61. The molecule has 0 saturated carbocycles. The summed E-state index contributed by atoms with van der Waals surface area (Å²) in [4.78, 5) is 2.59. The van der Waals surface area contributed by atoms with Gasteiger partial charge in [-0.15, -0.1) is 0 Å². The Morgan fingerprint density at radius 2 is 1.89 bits per heavy atom. The fourth-order valence-corrected chi connectivity index (χ4v) is 3.36. The molecule has 1 heterocycles. The van der Waals surface area contributed by atoms with Gasteiger partial charge in [-0.1, -0.05) is 18.2 Å². The smallest absolute Gasteiger partial charge is 0.0233 e. The standard InChI is InChI=1S/C16H24N2/c17-11-13-6-8-18(9-7-13)12-14-4-5-15-2-1-3-16(15)10-14/h4-5,10,13H,1-3,6-9,11-12,17H2. The van der Waals surface area contributed by atoms with Crippen LogP contribution < -0.4 is 5.73 Å². The van der Waals surface area contributed by atoms with Crippen LogP contribution in [0.3, 0.4) is 0 Å². The molecular formula is C16H24N2. The van der Waals surface area contributed by atoms with Crippen molar-refractivity contribution in [1.82, 2.24) is 4.90 Å². The quantitative estimate of drug-likeness (QED) is 0.884. The van der Waals surface area contributed by atoms with Crippen LogP contribution in [0.4, 0.5) is 0 Å². The first-order valence-corrected chi connectivity index (χ1v) is 7.38. The van der Waals surface area contributed by atoms with Crippen LogP contribution in [0.15, 0.2) is 18.2 Å². The van der Waals surface area contributed by atoms with Gasteiger partial charge in [0, 0.05) is 6.54 Å². The lowest BCUT2D eigenvalue weighted by Crippen LogP contribution is -2.35. The number of fused-ring (bicyclic) bond motifs is 1. The van der Waals surface area contributed by atoms with Gasteiger partial charge in [0.15, 0.2) is 0 Å². The lowest BCUT2D eigenvalue weighted by Gasteiger charge is -2.31. The number of piperidine rings is 1. The molecule has 2 nitrogen and oxygen atoms in total. The number of aryl methyl sites for hydroxylation is 2. The van der Waals surface area contributed by atoms with Crippen molar-refractivity contribution in [1.29, 1.82) is 0 Å². The molecule has 0 aromatic heterocycles. The Kier molecular flexibility index (Phi) is 3.67. The minimum atomic E-state index is 0.765. The fourth-order valence-electron chi connectivity index (χ4n) is 3.36. The van der Waals surface area contributed by atoms with Crippen molar-refractivity contribution in [2.45, 2.75) is 38.6 Å². The summed E-state index contributed by atoms with van der Waals surface area (Å²) in [6.45, 7) is 4.44. The molecule has 1 aliphatic carbocycles. The van der Waals surface area contributed by atoms with Gasteiger partial charge in [-0.05, 0) is 74.3 Å². The maximum atomic E-state index is 5.74. The topological polar surface area (TPSA) is 29.3 Å². The SMILES string of the molecule is NCC1CCN(Cc2ccc3c(c2)CCC3)CC1. The molecule has 0 atom stereocenters. The summed E-state index contributed by atoms with van der Waals surface area (Å²) >= 11 is 0. The molecule has 0 unspecified atom stereocenters. The minimum Gasteiger partial charge on any atom is -0.330 e. The zero-order chi connectivity index (χ0) is 12.4. The van der Waals surface area contributed by atoms with Crippen LogP contribution in [-0.4, -0.2) is 24.5 Å².